The van der Waals surface area contributed by atoms with Crippen molar-refractivity contribution in [1.29, 1.82) is 0 Å². The minimum Gasteiger partial charge on any atom is -0.462 e. The molecule has 1 saturated heterocycles. The Bertz CT molecular complexity index is 1990. The minimum atomic E-state index is -5.47. The third kappa shape index (κ3) is 32.5. The van der Waals surface area contributed by atoms with E-state index in [2.05, 4.69) is 60.4 Å². The molecule has 8 atom stereocenters. The maximum absolute atomic E-state index is 12.9. The molecule has 1 aliphatic rings. The second kappa shape index (κ2) is 38.9. The highest BCUT2D eigenvalue weighted by molar-refractivity contribution is 7.61. The van der Waals surface area contributed by atoms with E-state index in [1.165, 1.54) is 70.3 Å². The molecule has 73 heavy (non-hydrogen) atoms. The maximum Gasteiger partial charge on any atom is 0.481 e. The molecule has 0 bridgehead atoms. The van der Waals surface area contributed by atoms with E-state index in [9.17, 15) is 48.6 Å². The average molecular weight is 1070 g/mol. The first-order valence-electron chi connectivity index (χ1n) is 26.3. The number of anilines is 1. The first-order chi connectivity index (χ1) is 34.9. The number of hydrogen-bond donors (Lipinski definition) is 6. The monoisotopic (exact) mass is 1070 g/mol. The van der Waals surface area contributed by atoms with Gasteiger partial charge in [0.15, 0.2) is 12.3 Å². The lowest BCUT2D eigenvalue weighted by molar-refractivity contribution is -0.161. The van der Waals surface area contributed by atoms with Crippen molar-refractivity contribution in [1.82, 2.24) is 9.55 Å². The Morgan fingerprint density at radius 3 is 1.88 bits per heavy atom. The number of aliphatic hydroxyl groups excluding tert-OH is 3. The Hall–Kier alpha value is -3.58. The van der Waals surface area contributed by atoms with E-state index < -0.39 is 89.8 Å². The fourth-order valence-corrected chi connectivity index (χ4v) is 9.70. The molecule has 0 amide bonds. The topological polar surface area (TPSA) is 286 Å². The van der Waals surface area contributed by atoms with Crippen LogP contribution in [0.25, 0.3) is 0 Å². The van der Waals surface area contributed by atoms with Crippen molar-refractivity contribution in [2.75, 3.05) is 25.6 Å². The second-order valence-corrected chi connectivity index (χ2v) is 21.7. The van der Waals surface area contributed by atoms with Crippen LogP contribution in [-0.2, 0) is 46.3 Å². The van der Waals surface area contributed by atoms with Crippen LogP contribution >= 0.6 is 15.6 Å². The number of aromatic nitrogens is 2. The Morgan fingerprint density at radius 2 is 1.29 bits per heavy atom. The maximum atomic E-state index is 12.9. The normalized spacial score (nSPS) is 20.0. The molecule has 0 aliphatic carbocycles. The number of nitrogens with zero attached hydrogens (tertiary/aromatic N) is 2. The Morgan fingerprint density at radius 1 is 0.740 bits per heavy atom. The molecule has 0 radical (unpaired) electrons. The van der Waals surface area contributed by atoms with Crippen LogP contribution in [0, 0.1) is 5.92 Å². The number of hydrogen-bond acceptors (Lipinski definition) is 16. The van der Waals surface area contributed by atoms with Crippen molar-refractivity contribution in [2.24, 2.45) is 5.92 Å². The van der Waals surface area contributed by atoms with Crippen molar-refractivity contribution < 1.29 is 71.4 Å². The molecule has 1 aliphatic heterocycles. The third-order valence-corrected chi connectivity index (χ3v) is 14.3. The van der Waals surface area contributed by atoms with Crippen LogP contribution in [0.15, 0.2) is 77.8 Å². The molecule has 3 unspecified atom stereocenters. The first kappa shape index (κ1) is 65.5. The zero-order valence-electron chi connectivity index (χ0n) is 43.4. The van der Waals surface area contributed by atoms with Crippen LogP contribution in [0.1, 0.15) is 175 Å². The largest absolute Gasteiger partial charge is 0.481 e. The van der Waals surface area contributed by atoms with Crippen LogP contribution < -0.4 is 11.4 Å². The summed E-state index contributed by atoms with van der Waals surface area (Å²) in [6.45, 7) is 4.18. The molecule has 0 aromatic carbocycles. The number of ether oxygens (including phenoxy) is 3. The second-order valence-electron chi connectivity index (χ2n) is 18.7. The van der Waals surface area contributed by atoms with Gasteiger partial charge in [-0.1, -0.05) is 171 Å². The Kier molecular flexibility index (Phi) is 34.9. The summed E-state index contributed by atoms with van der Waals surface area (Å²) < 4.78 is 56.7. The van der Waals surface area contributed by atoms with E-state index in [4.69, 9.17) is 29.0 Å². The number of phosphoric acid groups is 2. The summed E-state index contributed by atoms with van der Waals surface area (Å²) in [5.41, 5.74) is 4.57. The number of rotatable bonds is 42. The number of carbonyl (C=O) groups is 2. The summed E-state index contributed by atoms with van der Waals surface area (Å²) in [5.74, 6) is -0.722. The molecular formula is C52H87N3O16P2. The van der Waals surface area contributed by atoms with Crippen molar-refractivity contribution in [2.45, 2.75) is 205 Å². The van der Waals surface area contributed by atoms with Crippen molar-refractivity contribution in [3.63, 3.8) is 0 Å². The molecular weight excluding hydrogens is 985 g/mol. The van der Waals surface area contributed by atoms with Gasteiger partial charge in [0, 0.05) is 19.0 Å². The number of aliphatic hydroxyl groups is 3. The van der Waals surface area contributed by atoms with E-state index in [-0.39, 0.29) is 31.5 Å². The van der Waals surface area contributed by atoms with Crippen molar-refractivity contribution >= 4 is 33.4 Å². The molecule has 7 N–H and O–H groups in total. The quantitative estimate of drug-likeness (QED) is 0.0117. The lowest BCUT2D eigenvalue weighted by atomic mass is 10.0. The van der Waals surface area contributed by atoms with Gasteiger partial charge in [-0.15, -0.1) is 0 Å². The molecule has 0 saturated carbocycles. The molecule has 2 rings (SSSR count). The van der Waals surface area contributed by atoms with Crippen LogP contribution in [0.2, 0.25) is 0 Å². The number of allylic oxidation sites excluding steroid dienone is 9. The van der Waals surface area contributed by atoms with E-state index >= 15 is 0 Å². The van der Waals surface area contributed by atoms with E-state index in [0.29, 0.717) is 6.42 Å². The molecule has 1 aromatic rings. The van der Waals surface area contributed by atoms with Gasteiger partial charge < -0.3 is 45.1 Å². The van der Waals surface area contributed by atoms with Gasteiger partial charge >= 0.3 is 33.3 Å². The summed E-state index contributed by atoms with van der Waals surface area (Å²) in [7, 11) is -10.9. The van der Waals surface area contributed by atoms with Gasteiger partial charge in [-0.25, -0.2) is 13.9 Å². The Labute approximate surface area is 433 Å². The number of unbranched alkanes of at least 4 members (excludes halogenated alkanes) is 13. The lowest BCUT2D eigenvalue weighted by Gasteiger charge is -2.21. The highest BCUT2D eigenvalue weighted by atomic mass is 31.3. The predicted molar refractivity (Wildman–Crippen MR) is 281 cm³/mol. The van der Waals surface area contributed by atoms with Gasteiger partial charge in [-0.05, 0) is 56.9 Å². The van der Waals surface area contributed by atoms with Gasteiger partial charge in [0.2, 0.25) is 0 Å². The summed E-state index contributed by atoms with van der Waals surface area (Å²) in [4.78, 5) is 62.0. The molecule has 1 aromatic heterocycles. The molecule has 21 heteroatoms. The lowest BCUT2D eigenvalue weighted by Crippen LogP contribution is -2.36. The predicted octanol–water partition coefficient (Wildman–Crippen LogP) is 9.94. The standard InChI is InChI=1S/C52H87N3O16P2/c1-4-5-6-7-8-9-10-13-17-20-23-26-29-33-43(56)34-31-36-48(58)69-44(39-66-47(57)35-30-27-24-21-18-15-12-11-14-16-19-22-25-28-32-42(2)3)40-67-72(62,63)71-73(64,65)68-41-45-49(59)50(60)51(70-45)55-38-37-46(53)54-52(55)61/h5-6,8-9,13,17,23,26,29,33,37-38,42-45,49-51,56,59-60H,4,7,10-12,14-16,18-22,24-25,27-28,30-32,34-36,39-41H2,1-3H3,(H,62,63)(H,64,65)(H2,53,54,61)/b6-5-,9-8-,17-13-,26-23-,33-29+/t43?,44-,45-,49-,50-,51-/m1/s1. The summed E-state index contributed by atoms with van der Waals surface area (Å²) in [6, 6.07) is 1.24. The van der Waals surface area contributed by atoms with Crippen LogP contribution in [0.4, 0.5) is 5.82 Å². The number of nitrogens with two attached hydrogens (primary N) is 1. The third-order valence-electron chi connectivity index (χ3n) is 11.6. The van der Waals surface area contributed by atoms with E-state index in [0.717, 1.165) is 68.0 Å². The zero-order valence-corrected chi connectivity index (χ0v) is 45.2. The van der Waals surface area contributed by atoms with Gasteiger partial charge in [-0.3, -0.25) is 23.2 Å². The molecule has 416 valence electrons. The smallest absolute Gasteiger partial charge is 0.462 e. The number of nitrogen functional groups attached to an aromatic ring is 1. The first-order valence-corrected chi connectivity index (χ1v) is 29.3. The fourth-order valence-electron chi connectivity index (χ4n) is 7.59. The summed E-state index contributed by atoms with van der Waals surface area (Å²) in [5, 5.41) is 31.3. The number of phosphoric ester groups is 2. The van der Waals surface area contributed by atoms with Crippen LogP contribution in [-0.4, -0.2) is 96.9 Å². The summed E-state index contributed by atoms with van der Waals surface area (Å²) >= 11 is 0. The summed E-state index contributed by atoms with van der Waals surface area (Å²) in [6.07, 6.45) is 33.3. The van der Waals surface area contributed by atoms with E-state index in [1.54, 1.807) is 12.2 Å². The molecule has 0 spiro atoms. The molecule has 1 fully saturated rings. The highest BCUT2D eigenvalue weighted by Gasteiger charge is 2.46. The van der Waals surface area contributed by atoms with Crippen LogP contribution in [0.3, 0.4) is 0 Å². The van der Waals surface area contributed by atoms with Gasteiger partial charge in [0.05, 0.1) is 19.3 Å². The Balaban J connectivity index is 1.84. The van der Waals surface area contributed by atoms with Gasteiger partial charge in [-0.2, -0.15) is 9.29 Å². The van der Waals surface area contributed by atoms with Gasteiger partial charge in [0.1, 0.15) is 30.7 Å². The minimum absolute atomic E-state index is 0.0860. The highest BCUT2D eigenvalue weighted by Crippen LogP contribution is 2.60. The SMILES string of the molecule is CC/C=C\C/C=C\C/C=C\C/C=C\C=C\C(O)CCCC(=O)O[C@H](COC(=O)CCCCCCCCCCCCCCCCC(C)C)COP(=O)(O)OP(=O)(O)OC[C@H]1O[C@@H](n2ccc(N)nc2=O)[C@H](O)[C@@H]1O. The van der Waals surface area contributed by atoms with Crippen molar-refractivity contribution in [3.8, 4) is 0 Å². The zero-order chi connectivity index (χ0) is 53.7. The molecule has 2 heterocycles. The van der Waals surface area contributed by atoms with Crippen molar-refractivity contribution in [3.05, 3.63) is 83.5 Å². The van der Waals surface area contributed by atoms with Gasteiger partial charge in [0.25, 0.3) is 0 Å². The fraction of sp³-hybridized carbons (Fsp3) is 0.692. The number of esters is 2. The molecule has 19 nitrogen and oxygen atoms in total. The van der Waals surface area contributed by atoms with Crippen LogP contribution in [0.5, 0.6) is 0 Å². The van der Waals surface area contributed by atoms with E-state index in [1.807, 2.05) is 18.2 Å². The number of carbonyl (C=O) groups excluding carboxylic acids is 2. The average Bonchev–Trinajstić information content (AvgIpc) is 3.61.